The van der Waals surface area contributed by atoms with E-state index in [1.54, 1.807) is 44.8 Å². The fraction of sp³-hybridized carbons (Fsp3) is 0.393. The van der Waals surface area contributed by atoms with E-state index >= 15 is 0 Å². The van der Waals surface area contributed by atoms with Crippen molar-refractivity contribution in [2.24, 2.45) is 0 Å². The van der Waals surface area contributed by atoms with Crippen molar-refractivity contribution in [3.8, 4) is 23.0 Å². The van der Waals surface area contributed by atoms with Crippen molar-refractivity contribution < 1.29 is 28.6 Å². The monoisotopic (exact) mass is 511 g/mol. The third kappa shape index (κ3) is 6.30. The Morgan fingerprint density at radius 1 is 0.972 bits per heavy atom. The number of hydrogen-bond acceptors (Lipinski definition) is 6. The van der Waals surface area contributed by atoms with Crippen molar-refractivity contribution in [1.82, 2.24) is 4.90 Å². The SMILES string of the molecule is COc1cc(C(=O)N2CCC(Oc3cccc(C[NH+](C)Cc4ccsc4)c3)CC2)cc(OC)c1OC. The molecule has 1 saturated heterocycles. The summed E-state index contributed by atoms with van der Waals surface area (Å²) in [5, 5.41) is 4.34. The molecule has 1 unspecified atom stereocenters. The van der Waals surface area contributed by atoms with Gasteiger partial charge in [0.2, 0.25) is 5.75 Å². The second-order valence-electron chi connectivity index (χ2n) is 9.11. The van der Waals surface area contributed by atoms with Gasteiger partial charge in [0, 0.05) is 42.6 Å². The summed E-state index contributed by atoms with van der Waals surface area (Å²) in [6, 6.07) is 14.0. The molecule has 0 bridgehead atoms. The molecule has 8 heteroatoms. The van der Waals surface area contributed by atoms with Gasteiger partial charge in [0.05, 0.1) is 28.4 Å². The van der Waals surface area contributed by atoms with Crippen molar-refractivity contribution >= 4 is 17.2 Å². The van der Waals surface area contributed by atoms with E-state index < -0.39 is 0 Å². The predicted molar refractivity (Wildman–Crippen MR) is 141 cm³/mol. The van der Waals surface area contributed by atoms with Crippen molar-refractivity contribution in [2.75, 3.05) is 41.5 Å². The molecule has 0 aliphatic carbocycles. The third-order valence-electron chi connectivity index (χ3n) is 6.43. The quantitative estimate of drug-likeness (QED) is 0.450. The summed E-state index contributed by atoms with van der Waals surface area (Å²) in [4.78, 5) is 16.5. The van der Waals surface area contributed by atoms with Crippen molar-refractivity contribution in [1.29, 1.82) is 0 Å². The molecule has 1 amide bonds. The lowest BCUT2D eigenvalue weighted by Gasteiger charge is -2.32. The van der Waals surface area contributed by atoms with E-state index in [4.69, 9.17) is 18.9 Å². The van der Waals surface area contributed by atoms with Crippen LogP contribution in [0.2, 0.25) is 0 Å². The van der Waals surface area contributed by atoms with Gasteiger partial charge in [-0.05, 0) is 41.1 Å². The number of quaternary nitrogens is 1. The normalized spacial score (nSPS) is 14.8. The Bertz CT molecular complexity index is 1120. The zero-order valence-corrected chi connectivity index (χ0v) is 22.2. The second kappa shape index (κ2) is 12.1. The molecule has 36 heavy (non-hydrogen) atoms. The molecule has 2 aromatic carbocycles. The Balaban J connectivity index is 1.32. The molecule has 1 aromatic heterocycles. The number of benzene rings is 2. The van der Waals surface area contributed by atoms with Crippen LogP contribution in [0.4, 0.5) is 0 Å². The molecule has 4 rings (SSSR count). The Hall–Kier alpha value is -3.23. The van der Waals surface area contributed by atoms with Crippen molar-refractivity contribution in [3.63, 3.8) is 0 Å². The van der Waals surface area contributed by atoms with Crippen LogP contribution in [0.15, 0.2) is 53.2 Å². The Kier molecular flexibility index (Phi) is 8.72. The summed E-state index contributed by atoms with van der Waals surface area (Å²) in [7, 11) is 6.86. The molecule has 1 fully saturated rings. The van der Waals surface area contributed by atoms with Crippen LogP contribution in [-0.2, 0) is 13.1 Å². The van der Waals surface area contributed by atoms with Crippen molar-refractivity contribution in [3.05, 3.63) is 69.9 Å². The van der Waals surface area contributed by atoms with Crippen LogP contribution in [0, 0.1) is 0 Å². The Morgan fingerprint density at radius 3 is 2.28 bits per heavy atom. The lowest BCUT2D eigenvalue weighted by molar-refractivity contribution is -0.907. The summed E-state index contributed by atoms with van der Waals surface area (Å²) in [5.74, 6) is 2.27. The Labute approximate surface area is 217 Å². The first-order valence-corrected chi connectivity index (χ1v) is 13.1. The van der Waals surface area contributed by atoms with E-state index in [1.165, 1.54) is 16.0 Å². The predicted octanol–water partition coefficient (Wildman–Crippen LogP) is 3.67. The van der Waals surface area contributed by atoms with Crippen LogP contribution in [0.1, 0.15) is 34.3 Å². The number of amides is 1. The average Bonchev–Trinajstić information content (AvgIpc) is 3.40. The molecule has 1 aliphatic rings. The van der Waals surface area contributed by atoms with Crippen LogP contribution in [0.3, 0.4) is 0 Å². The molecular weight excluding hydrogens is 476 g/mol. The zero-order valence-electron chi connectivity index (χ0n) is 21.4. The average molecular weight is 512 g/mol. The minimum Gasteiger partial charge on any atom is -0.493 e. The third-order valence-corrected chi connectivity index (χ3v) is 7.17. The van der Waals surface area contributed by atoms with E-state index in [0.717, 1.165) is 31.7 Å². The number of methoxy groups -OCH3 is 3. The summed E-state index contributed by atoms with van der Waals surface area (Å²) >= 11 is 1.74. The summed E-state index contributed by atoms with van der Waals surface area (Å²) in [6.45, 7) is 3.21. The molecule has 1 aliphatic heterocycles. The second-order valence-corrected chi connectivity index (χ2v) is 9.89. The number of carbonyl (C=O) groups is 1. The van der Waals surface area contributed by atoms with Crippen LogP contribution in [0.5, 0.6) is 23.0 Å². The topological polar surface area (TPSA) is 61.7 Å². The number of likely N-dealkylation sites (tertiary alicyclic amines) is 1. The Morgan fingerprint density at radius 2 is 1.67 bits per heavy atom. The molecule has 0 spiro atoms. The summed E-state index contributed by atoms with van der Waals surface area (Å²) in [6.07, 6.45) is 1.65. The number of thiophene rings is 1. The van der Waals surface area contributed by atoms with E-state index in [1.807, 2.05) is 11.0 Å². The highest BCUT2D eigenvalue weighted by molar-refractivity contribution is 7.07. The largest absolute Gasteiger partial charge is 0.493 e. The molecule has 3 aromatic rings. The number of carbonyl (C=O) groups excluding carboxylic acids is 1. The number of rotatable bonds is 10. The number of nitrogens with one attached hydrogen (secondary N) is 1. The van der Waals surface area contributed by atoms with Crippen LogP contribution >= 0.6 is 11.3 Å². The van der Waals surface area contributed by atoms with Gasteiger partial charge in [0.25, 0.3) is 5.91 Å². The van der Waals surface area contributed by atoms with Gasteiger partial charge in [-0.25, -0.2) is 0 Å². The van der Waals surface area contributed by atoms with Gasteiger partial charge in [0.15, 0.2) is 11.5 Å². The van der Waals surface area contributed by atoms with Gasteiger partial charge in [-0.15, -0.1) is 0 Å². The van der Waals surface area contributed by atoms with Gasteiger partial charge in [-0.2, -0.15) is 11.3 Å². The highest BCUT2D eigenvalue weighted by Crippen LogP contribution is 2.38. The van der Waals surface area contributed by atoms with E-state index in [0.29, 0.717) is 35.9 Å². The summed E-state index contributed by atoms with van der Waals surface area (Å²) < 4.78 is 22.5. The number of nitrogens with zero attached hydrogens (tertiary/aromatic N) is 1. The van der Waals surface area contributed by atoms with Gasteiger partial charge >= 0.3 is 0 Å². The summed E-state index contributed by atoms with van der Waals surface area (Å²) in [5.41, 5.74) is 3.15. The van der Waals surface area contributed by atoms with Crippen LogP contribution in [0.25, 0.3) is 0 Å². The molecule has 192 valence electrons. The lowest BCUT2D eigenvalue weighted by Crippen LogP contribution is -3.06. The molecule has 2 heterocycles. The minimum absolute atomic E-state index is 0.0497. The molecule has 1 atom stereocenters. The standard InChI is InChI=1S/C28H34N2O5S/c1-29(18-21-10-13-36-19-21)17-20-6-5-7-24(14-20)35-23-8-11-30(12-9-23)28(31)22-15-25(32-2)27(34-4)26(16-22)33-3/h5-7,10,13-16,19,23H,8-9,11-12,17-18H2,1-4H3/p+1. The first-order chi connectivity index (χ1) is 17.5. The fourth-order valence-electron chi connectivity index (χ4n) is 4.64. The lowest BCUT2D eigenvalue weighted by atomic mass is 10.1. The molecule has 1 N–H and O–H groups in total. The van der Waals surface area contributed by atoms with Crippen molar-refractivity contribution in [2.45, 2.75) is 32.0 Å². The van der Waals surface area contributed by atoms with E-state index in [-0.39, 0.29) is 12.0 Å². The molecular formula is C28H35N2O5S+. The first-order valence-electron chi connectivity index (χ1n) is 12.2. The molecule has 0 radical (unpaired) electrons. The highest BCUT2D eigenvalue weighted by atomic mass is 32.1. The number of hydrogen-bond donors (Lipinski definition) is 1. The molecule has 7 nitrogen and oxygen atoms in total. The van der Waals surface area contributed by atoms with Crippen LogP contribution in [-0.4, -0.2) is 58.4 Å². The molecule has 0 saturated carbocycles. The zero-order chi connectivity index (χ0) is 25.5. The number of ether oxygens (including phenoxy) is 4. The number of piperidine rings is 1. The minimum atomic E-state index is -0.0497. The maximum absolute atomic E-state index is 13.2. The first kappa shape index (κ1) is 25.9. The van der Waals surface area contributed by atoms with Gasteiger partial charge < -0.3 is 28.7 Å². The van der Waals surface area contributed by atoms with Gasteiger partial charge in [-0.1, -0.05) is 12.1 Å². The maximum atomic E-state index is 13.2. The van der Waals surface area contributed by atoms with E-state index in [2.05, 4.69) is 42.1 Å². The smallest absolute Gasteiger partial charge is 0.254 e. The van der Waals surface area contributed by atoms with Crippen LogP contribution < -0.4 is 23.8 Å². The maximum Gasteiger partial charge on any atom is 0.254 e. The van der Waals surface area contributed by atoms with Gasteiger partial charge in [-0.3, -0.25) is 4.79 Å². The highest BCUT2D eigenvalue weighted by Gasteiger charge is 2.26. The van der Waals surface area contributed by atoms with Gasteiger partial charge in [0.1, 0.15) is 24.9 Å². The van der Waals surface area contributed by atoms with E-state index in [9.17, 15) is 4.79 Å². The fourth-order valence-corrected chi connectivity index (χ4v) is 5.31.